The van der Waals surface area contributed by atoms with Crippen LogP contribution >= 0.6 is 0 Å². The summed E-state index contributed by atoms with van der Waals surface area (Å²) in [6.45, 7) is 3.39. The Balaban J connectivity index is 1.71. The number of aryl methyl sites for hydroxylation is 1. The van der Waals surface area contributed by atoms with E-state index in [4.69, 9.17) is 4.42 Å². The van der Waals surface area contributed by atoms with Crippen molar-refractivity contribution in [2.24, 2.45) is 0 Å². The maximum atomic E-state index is 12.1. The second-order valence-corrected chi connectivity index (χ2v) is 5.32. The molecule has 0 saturated carbocycles. The summed E-state index contributed by atoms with van der Waals surface area (Å²) < 4.78 is 7.06. The lowest BCUT2D eigenvalue weighted by Crippen LogP contribution is -2.38. The van der Waals surface area contributed by atoms with Gasteiger partial charge in [0.25, 0.3) is 5.91 Å². The van der Waals surface area contributed by atoms with Crippen molar-refractivity contribution in [2.45, 2.75) is 19.4 Å². The average Bonchev–Trinajstić information content (AvgIpc) is 3.11. The highest BCUT2D eigenvalue weighted by atomic mass is 16.4. The highest BCUT2D eigenvalue weighted by molar-refractivity contribution is 5.92. The molecule has 0 aliphatic carbocycles. The standard InChI is InChI=1S/C15H16N4O3/c1-10-4-5-12(22-10)15(2,21)9-17-13(20)11-8-19-7-3-6-16-14(19)18-11/h3-8,21H,9H2,1-2H3,(H,17,20). The van der Waals surface area contributed by atoms with Crippen LogP contribution in [0.25, 0.3) is 5.78 Å². The zero-order chi connectivity index (χ0) is 15.7. The van der Waals surface area contributed by atoms with E-state index in [1.54, 1.807) is 55.0 Å². The number of amides is 1. The molecular weight excluding hydrogens is 284 g/mol. The van der Waals surface area contributed by atoms with Crippen molar-refractivity contribution >= 4 is 11.7 Å². The van der Waals surface area contributed by atoms with Crippen LogP contribution in [0.4, 0.5) is 0 Å². The van der Waals surface area contributed by atoms with Gasteiger partial charge in [0, 0.05) is 18.6 Å². The highest BCUT2D eigenvalue weighted by Crippen LogP contribution is 2.22. The lowest BCUT2D eigenvalue weighted by Gasteiger charge is -2.20. The summed E-state index contributed by atoms with van der Waals surface area (Å²) in [6, 6.07) is 5.20. The van der Waals surface area contributed by atoms with Gasteiger partial charge in [0.05, 0.1) is 6.54 Å². The van der Waals surface area contributed by atoms with Crippen LogP contribution < -0.4 is 5.32 Å². The van der Waals surface area contributed by atoms with Gasteiger partial charge >= 0.3 is 0 Å². The summed E-state index contributed by atoms with van der Waals surface area (Å²) in [5, 5.41) is 13.0. The van der Waals surface area contributed by atoms with Crippen LogP contribution in [0.3, 0.4) is 0 Å². The van der Waals surface area contributed by atoms with Gasteiger partial charge in [-0.25, -0.2) is 9.97 Å². The van der Waals surface area contributed by atoms with Gasteiger partial charge in [-0.3, -0.25) is 9.20 Å². The number of fused-ring (bicyclic) bond motifs is 1. The Bertz CT molecular complexity index is 786. The van der Waals surface area contributed by atoms with Crippen molar-refractivity contribution in [3.63, 3.8) is 0 Å². The van der Waals surface area contributed by atoms with Gasteiger partial charge in [-0.05, 0) is 32.0 Å². The lowest BCUT2D eigenvalue weighted by atomic mass is 10.0. The van der Waals surface area contributed by atoms with Crippen LogP contribution in [0.2, 0.25) is 0 Å². The van der Waals surface area contributed by atoms with Crippen molar-refractivity contribution in [3.05, 3.63) is 54.0 Å². The van der Waals surface area contributed by atoms with Gasteiger partial charge < -0.3 is 14.8 Å². The van der Waals surface area contributed by atoms with Crippen LogP contribution in [0.15, 0.2) is 41.2 Å². The highest BCUT2D eigenvalue weighted by Gasteiger charge is 2.28. The number of furan rings is 1. The molecule has 3 rings (SSSR count). The summed E-state index contributed by atoms with van der Waals surface area (Å²) in [7, 11) is 0. The first-order chi connectivity index (χ1) is 10.5. The Morgan fingerprint density at radius 2 is 2.32 bits per heavy atom. The van der Waals surface area contributed by atoms with Crippen molar-refractivity contribution in [1.29, 1.82) is 0 Å². The largest absolute Gasteiger partial charge is 0.463 e. The molecule has 0 radical (unpaired) electrons. The number of hydrogen-bond acceptors (Lipinski definition) is 5. The summed E-state index contributed by atoms with van der Waals surface area (Å²) in [5.74, 6) is 1.17. The van der Waals surface area contributed by atoms with Crippen molar-refractivity contribution in [3.8, 4) is 0 Å². The predicted molar refractivity (Wildman–Crippen MR) is 78.3 cm³/mol. The third kappa shape index (κ3) is 2.71. The van der Waals surface area contributed by atoms with E-state index >= 15 is 0 Å². The minimum Gasteiger partial charge on any atom is -0.463 e. The molecule has 3 aromatic heterocycles. The van der Waals surface area contributed by atoms with E-state index in [0.29, 0.717) is 17.3 Å². The Morgan fingerprint density at radius 3 is 3.00 bits per heavy atom. The number of nitrogens with one attached hydrogen (secondary N) is 1. The van der Waals surface area contributed by atoms with Crippen molar-refractivity contribution < 1.29 is 14.3 Å². The fourth-order valence-corrected chi connectivity index (χ4v) is 2.09. The van der Waals surface area contributed by atoms with Crippen molar-refractivity contribution in [1.82, 2.24) is 19.7 Å². The van der Waals surface area contributed by atoms with Gasteiger partial charge in [-0.1, -0.05) is 0 Å². The van der Waals surface area contributed by atoms with Gasteiger partial charge in [-0.15, -0.1) is 0 Å². The van der Waals surface area contributed by atoms with Gasteiger partial charge in [0.1, 0.15) is 22.8 Å². The number of aliphatic hydroxyl groups is 1. The fraction of sp³-hybridized carbons (Fsp3) is 0.267. The Labute approximate surface area is 126 Å². The zero-order valence-corrected chi connectivity index (χ0v) is 12.3. The molecule has 0 saturated heterocycles. The second-order valence-electron chi connectivity index (χ2n) is 5.32. The molecule has 2 N–H and O–H groups in total. The molecule has 1 amide bonds. The fourth-order valence-electron chi connectivity index (χ4n) is 2.09. The second kappa shape index (κ2) is 5.27. The topological polar surface area (TPSA) is 92.7 Å². The molecule has 0 aromatic carbocycles. The Hall–Kier alpha value is -2.67. The van der Waals surface area contributed by atoms with E-state index in [2.05, 4.69) is 15.3 Å². The first-order valence-electron chi connectivity index (χ1n) is 6.83. The number of aromatic nitrogens is 3. The molecule has 22 heavy (non-hydrogen) atoms. The molecular formula is C15H16N4O3. The van der Waals surface area contributed by atoms with Gasteiger partial charge in [-0.2, -0.15) is 0 Å². The number of nitrogens with zero attached hydrogens (tertiary/aromatic N) is 3. The van der Waals surface area contributed by atoms with Crippen molar-refractivity contribution in [2.75, 3.05) is 6.54 Å². The minimum absolute atomic E-state index is 0.0140. The predicted octanol–water partition coefficient (Wildman–Crippen LogP) is 1.27. The quantitative estimate of drug-likeness (QED) is 0.757. The summed E-state index contributed by atoms with van der Waals surface area (Å²) in [6.07, 6.45) is 4.95. The summed E-state index contributed by atoms with van der Waals surface area (Å²) in [5.41, 5.74) is -1.05. The smallest absolute Gasteiger partial charge is 0.271 e. The van der Waals surface area contributed by atoms with Crippen LogP contribution in [-0.2, 0) is 5.60 Å². The SMILES string of the molecule is Cc1ccc(C(C)(O)CNC(=O)c2cn3cccnc3n2)o1. The first kappa shape index (κ1) is 14.3. The minimum atomic E-state index is -1.29. The normalized spacial score (nSPS) is 14.0. The molecule has 1 unspecified atom stereocenters. The van der Waals surface area contributed by atoms with E-state index < -0.39 is 5.60 Å². The van der Waals surface area contributed by atoms with Crippen LogP contribution in [0, 0.1) is 6.92 Å². The van der Waals surface area contributed by atoms with Gasteiger partial charge in [0.2, 0.25) is 5.78 Å². The molecule has 3 heterocycles. The van der Waals surface area contributed by atoms with E-state index in [0.717, 1.165) is 0 Å². The monoisotopic (exact) mass is 300 g/mol. The molecule has 0 fully saturated rings. The molecule has 0 spiro atoms. The maximum Gasteiger partial charge on any atom is 0.271 e. The number of imidazole rings is 1. The summed E-state index contributed by atoms with van der Waals surface area (Å²) in [4.78, 5) is 20.3. The van der Waals surface area contributed by atoms with Crippen LogP contribution in [0.1, 0.15) is 28.9 Å². The van der Waals surface area contributed by atoms with Crippen LogP contribution in [0.5, 0.6) is 0 Å². The van der Waals surface area contributed by atoms with E-state index in [1.807, 2.05) is 0 Å². The molecule has 3 aromatic rings. The number of hydrogen-bond donors (Lipinski definition) is 2. The lowest BCUT2D eigenvalue weighted by molar-refractivity contribution is 0.0322. The first-order valence-corrected chi connectivity index (χ1v) is 6.83. The third-order valence-corrected chi connectivity index (χ3v) is 3.33. The molecule has 114 valence electrons. The van der Waals surface area contributed by atoms with E-state index in [9.17, 15) is 9.90 Å². The molecule has 0 aliphatic heterocycles. The average molecular weight is 300 g/mol. The molecule has 7 heteroatoms. The Morgan fingerprint density at radius 1 is 1.50 bits per heavy atom. The van der Waals surface area contributed by atoms with Crippen LogP contribution in [-0.4, -0.2) is 31.9 Å². The van der Waals surface area contributed by atoms with E-state index in [1.165, 1.54) is 0 Å². The van der Waals surface area contributed by atoms with Gasteiger partial charge in [0.15, 0.2) is 0 Å². The Kier molecular flexibility index (Phi) is 3.42. The molecule has 0 bridgehead atoms. The molecule has 1 atom stereocenters. The number of rotatable bonds is 4. The number of carbonyl (C=O) groups excluding carboxylic acids is 1. The van der Waals surface area contributed by atoms with E-state index in [-0.39, 0.29) is 18.1 Å². The third-order valence-electron chi connectivity index (χ3n) is 3.33. The maximum absolute atomic E-state index is 12.1. The summed E-state index contributed by atoms with van der Waals surface area (Å²) >= 11 is 0. The number of carbonyl (C=O) groups is 1. The molecule has 0 aliphatic rings. The molecule has 7 nitrogen and oxygen atoms in total. The zero-order valence-electron chi connectivity index (χ0n) is 12.3.